The van der Waals surface area contributed by atoms with Crippen LogP contribution in [-0.4, -0.2) is 67.0 Å². The summed E-state index contributed by atoms with van der Waals surface area (Å²) in [4.78, 5) is 15.4. The molecule has 10 nitrogen and oxygen atoms in total. The number of aromatic nitrogens is 5. The van der Waals surface area contributed by atoms with Crippen LogP contribution in [0.25, 0.3) is 16.9 Å². The number of nitrogens with one attached hydrogen (secondary N) is 1. The summed E-state index contributed by atoms with van der Waals surface area (Å²) in [7, 11) is 3.19. The number of ether oxygens (including phenoxy) is 1. The monoisotopic (exact) mass is 583 g/mol. The van der Waals surface area contributed by atoms with Gasteiger partial charge in [0.25, 0.3) is 5.91 Å². The van der Waals surface area contributed by atoms with Crippen LogP contribution in [0.3, 0.4) is 0 Å². The fourth-order valence-electron chi connectivity index (χ4n) is 5.07. The molecule has 5 rings (SSSR count). The molecule has 1 amide bonds. The number of hydrogen-bond donors (Lipinski definition) is 2. The van der Waals surface area contributed by atoms with Gasteiger partial charge in [-0.05, 0) is 56.5 Å². The third-order valence-electron chi connectivity index (χ3n) is 7.62. The Kier molecular flexibility index (Phi) is 8.06. The van der Waals surface area contributed by atoms with Crippen molar-refractivity contribution in [3.8, 4) is 22.7 Å². The Morgan fingerprint density at radius 2 is 1.90 bits per heavy atom. The quantitative estimate of drug-likeness (QED) is 0.329. The fraction of sp³-hybridized carbons (Fsp3) is 0.379. The van der Waals surface area contributed by atoms with E-state index in [9.17, 15) is 23.1 Å². The maximum Gasteiger partial charge on any atom is 0.416 e. The van der Waals surface area contributed by atoms with Crippen LogP contribution in [0.15, 0.2) is 42.7 Å². The number of rotatable bonds is 7. The normalized spacial score (nSPS) is 14.8. The van der Waals surface area contributed by atoms with E-state index >= 15 is 0 Å². The molecule has 0 radical (unpaired) electrons. The lowest BCUT2D eigenvalue weighted by Gasteiger charge is -2.30. The molecule has 1 saturated heterocycles. The van der Waals surface area contributed by atoms with E-state index < -0.39 is 23.8 Å². The van der Waals surface area contributed by atoms with Gasteiger partial charge in [0.15, 0.2) is 0 Å². The number of aryl methyl sites for hydroxylation is 2. The molecular formula is C29H32F3N7O3. The first-order valence-corrected chi connectivity index (χ1v) is 13.5. The van der Waals surface area contributed by atoms with Crippen LogP contribution in [0.5, 0.6) is 5.75 Å². The number of likely N-dealkylation sites (tertiary alicyclic amines) is 1. The van der Waals surface area contributed by atoms with Gasteiger partial charge in [-0.25, -0.2) is 4.68 Å². The number of hydrogen-bond acceptors (Lipinski definition) is 7. The van der Waals surface area contributed by atoms with Gasteiger partial charge in [0, 0.05) is 49.1 Å². The van der Waals surface area contributed by atoms with Crippen molar-refractivity contribution in [2.75, 3.05) is 25.5 Å². The van der Waals surface area contributed by atoms with E-state index in [1.807, 2.05) is 25.8 Å². The minimum Gasteiger partial charge on any atom is -0.494 e. The van der Waals surface area contributed by atoms with Crippen molar-refractivity contribution in [3.63, 3.8) is 0 Å². The van der Waals surface area contributed by atoms with Gasteiger partial charge < -0.3 is 15.2 Å². The first kappa shape index (κ1) is 29.3. The molecule has 42 heavy (non-hydrogen) atoms. The minimum absolute atomic E-state index is 0.0819. The van der Waals surface area contributed by atoms with Gasteiger partial charge in [-0.1, -0.05) is 11.3 Å². The van der Waals surface area contributed by atoms with Gasteiger partial charge in [-0.15, -0.1) is 5.10 Å². The number of alkyl halides is 3. The highest BCUT2D eigenvalue weighted by molar-refractivity contribution is 6.05. The second-order valence-corrected chi connectivity index (χ2v) is 10.5. The Bertz CT molecular complexity index is 1600. The number of nitrogens with zero attached hydrogens (tertiary/aromatic N) is 6. The highest BCUT2D eigenvalue weighted by atomic mass is 19.4. The molecule has 0 spiro atoms. The van der Waals surface area contributed by atoms with Crippen molar-refractivity contribution in [3.05, 3.63) is 70.7 Å². The summed E-state index contributed by atoms with van der Waals surface area (Å²) in [5.41, 5.74) is 3.30. The highest BCUT2D eigenvalue weighted by Gasteiger charge is 2.33. The summed E-state index contributed by atoms with van der Waals surface area (Å²) in [5, 5.41) is 25.2. The zero-order valence-corrected chi connectivity index (χ0v) is 23.7. The predicted octanol–water partition coefficient (Wildman–Crippen LogP) is 4.52. The molecular weight excluding hydrogens is 551 g/mol. The topological polar surface area (TPSA) is 110 Å². The molecule has 0 saturated carbocycles. The van der Waals surface area contributed by atoms with Crippen LogP contribution >= 0.6 is 0 Å². The molecule has 2 N–H and O–H groups in total. The maximum atomic E-state index is 13.9. The molecule has 1 aliphatic rings. The van der Waals surface area contributed by atoms with E-state index in [4.69, 9.17) is 4.74 Å². The van der Waals surface area contributed by atoms with E-state index in [0.29, 0.717) is 42.9 Å². The van der Waals surface area contributed by atoms with Crippen molar-refractivity contribution in [2.45, 2.75) is 45.5 Å². The maximum absolute atomic E-state index is 13.9. The minimum atomic E-state index is -4.63. The fourth-order valence-corrected chi connectivity index (χ4v) is 5.07. The lowest BCUT2D eigenvalue weighted by Crippen LogP contribution is -2.35. The van der Waals surface area contributed by atoms with Crippen molar-refractivity contribution >= 4 is 11.6 Å². The highest BCUT2D eigenvalue weighted by Crippen LogP contribution is 2.39. The number of carbonyl (C=O) groups excluding carboxylic acids is 1. The van der Waals surface area contributed by atoms with Crippen LogP contribution in [0.4, 0.5) is 18.9 Å². The number of piperidine rings is 1. The Morgan fingerprint density at radius 1 is 1.17 bits per heavy atom. The second-order valence-electron chi connectivity index (χ2n) is 10.5. The van der Waals surface area contributed by atoms with Crippen molar-refractivity contribution in [1.82, 2.24) is 29.7 Å². The number of aliphatic hydroxyl groups excluding tert-OH is 1. The summed E-state index contributed by atoms with van der Waals surface area (Å²) in [6.07, 6.45) is -0.539. The Morgan fingerprint density at radius 3 is 2.55 bits per heavy atom. The summed E-state index contributed by atoms with van der Waals surface area (Å²) in [6.45, 7) is 5.04. The number of carbonyl (C=O) groups is 1. The molecule has 222 valence electrons. The zero-order chi connectivity index (χ0) is 30.2. The first-order valence-electron chi connectivity index (χ1n) is 13.5. The van der Waals surface area contributed by atoms with Gasteiger partial charge in [0.1, 0.15) is 11.4 Å². The van der Waals surface area contributed by atoms with Crippen LogP contribution < -0.4 is 10.1 Å². The number of methoxy groups -OCH3 is 1. The first-order chi connectivity index (χ1) is 19.9. The van der Waals surface area contributed by atoms with Crippen molar-refractivity contribution in [2.24, 2.45) is 7.05 Å². The standard InChI is InChI=1S/C29H32F3N7O3/c1-17-5-6-19(12-26(17)39-16-25(35-36-39)23-14-33-37(3)18(23)2)28(41)34-24-13-21(29(30,31)32)11-20(27(24)42-4)15-38-9-7-22(40)8-10-38/h5-6,11-14,16,22,40H,7-10,15H2,1-4H3,(H,34,41). The van der Waals surface area contributed by atoms with Crippen molar-refractivity contribution < 1.29 is 27.8 Å². The summed E-state index contributed by atoms with van der Waals surface area (Å²) >= 11 is 0. The third-order valence-corrected chi connectivity index (χ3v) is 7.62. The van der Waals surface area contributed by atoms with Gasteiger partial charge in [0.2, 0.25) is 0 Å². The largest absolute Gasteiger partial charge is 0.494 e. The van der Waals surface area contributed by atoms with Gasteiger partial charge >= 0.3 is 6.18 Å². The Balaban J connectivity index is 1.45. The van der Waals surface area contributed by atoms with Gasteiger partial charge in [-0.3, -0.25) is 14.4 Å². The van der Waals surface area contributed by atoms with Crippen LogP contribution in [0.1, 0.15) is 45.6 Å². The van der Waals surface area contributed by atoms with Crippen LogP contribution in [0.2, 0.25) is 0 Å². The molecule has 1 fully saturated rings. The molecule has 2 aromatic heterocycles. The number of amides is 1. The summed E-state index contributed by atoms with van der Waals surface area (Å²) in [6, 6.07) is 6.88. The zero-order valence-electron chi connectivity index (χ0n) is 23.7. The molecule has 4 aromatic rings. The third kappa shape index (κ3) is 6.02. The van der Waals surface area contributed by atoms with E-state index in [1.165, 1.54) is 7.11 Å². The predicted molar refractivity (Wildman–Crippen MR) is 150 cm³/mol. The van der Waals surface area contributed by atoms with Crippen molar-refractivity contribution in [1.29, 1.82) is 0 Å². The lowest BCUT2D eigenvalue weighted by atomic mass is 10.0. The molecule has 2 aromatic carbocycles. The summed E-state index contributed by atoms with van der Waals surface area (Å²) in [5.74, 6) is -0.452. The molecule has 13 heteroatoms. The molecule has 0 aliphatic carbocycles. The molecule has 0 bridgehead atoms. The number of halogens is 3. The van der Waals surface area contributed by atoms with Gasteiger partial charge in [-0.2, -0.15) is 18.3 Å². The van der Waals surface area contributed by atoms with Crippen LogP contribution in [0, 0.1) is 13.8 Å². The van der Waals surface area contributed by atoms with Gasteiger partial charge in [0.05, 0.1) is 42.5 Å². The Hall–Kier alpha value is -4.23. The lowest BCUT2D eigenvalue weighted by molar-refractivity contribution is -0.137. The average Bonchev–Trinajstić information content (AvgIpc) is 3.56. The number of benzene rings is 2. The number of aliphatic hydroxyl groups is 1. The summed E-state index contributed by atoms with van der Waals surface area (Å²) < 4.78 is 50.5. The van der Waals surface area contributed by atoms with E-state index in [1.54, 1.807) is 40.0 Å². The molecule has 3 heterocycles. The molecule has 1 aliphatic heterocycles. The van der Waals surface area contributed by atoms with Crippen LogP contribution in [-0.2, 0) is 19.8 Å². The molecule has 0 unspecified atom stereocenters. The Labute approximate surface area is 240 Å². The van der Waals surface area contributed by atoms with E-state index in [0.717, 1.165) is 29.0 Å². The smallest absolute Gasteiger partial charge is 0.416 e. The number of anilines is 1. The second kappa shape index (κ2) is 11.6. The molecule has 0 atom stereocenters. The average molecular weight is 584 g/mol. The van der Waals surface area contributed by atoms with E-state index in [2.05, 4.69) is 20.7 Å². The SMILES string of the molecule is COc1c(CN2CCC(O)CC2)cc(C(F)(F)F)cc1NC(=O)c1ccc(C)c(-n2cc(-c3cnn(C)c3C)nn2)c1. The van der Waals surface area contributed by atoms with E-state index in [-0.39, 0.29) is 23.5 Å².